The maximum Gasteiger partial charge on any atom is 0.317 e. The van der Waals surface area contributed by atoms with E-state index < -0.39 is 9.84 Å². The SMILES string of the molecule is CNC(=O)N1CCN(c2cccc(CS(=O)(=O)C=C3CN(C(c4ccc(Cl)cc4)c4ccc(Cl)cc4)C3)c2)CC1. The fraction of sp³-hybridized carbons (Fsp3) is 0.300. The van der Waals surface area contributed by atoms with Crippen molar-refractivity contribution in [3.63, 3.8) is 0 Å². The van der Waals surface area contributed by atoms with E-state index in [2.05, 4.69) is 15.1 Å². The Kier molecular flexibility index (Phi) is 8.71. The van der Waals surface area contributed by atoms with E-state index >= 15 is 0 Å². The van der Waals surface area contributed by atoms with E-state index in [4.69, 9.17) is 23.2 Å². The Morgan fingerprint density at radius 3 is 2.02 bits per heavy atom. The number of likely N-dealkylation sites (tertiary alicyclic amines) is 1. The van der Waals surface area contributed by atoms with Crippen LogP contribution in [0, 0.1) is 0 Å². The first-order valence-corrected chi connectivity index (χ1v) is 15.7. The van der Waals surface area contributed by atoms with E-state index in [0.717, 1.165) is 28.0 Å². The van der Waals surface area contributed by atoms with Crippen LogP contribution in [0.5, 0.6) is 0 Å². The lowest BCUT2D eigenvalue weighted by atomic mass is 9.93. The summed E-state index contributed by atoms with van der Waals surface area (Å²) in [5, 5.41) is 5.45. The van der Waals surface area contributed by atoms with Gasteiger partial charge >= 0.3 is 6.03 Å². The summed E-state index contributed by atoms with van der Waals surface area (Å²) in [6.07, 6.45) is 0. The highest BCUT2D eigenvalue weighted by atomic mass is 35.5. The van der Waals surface area contributed by atoms with E-state index in [0.29, 0.717) is 49.3 Å². The number of nitrogens with one attached hydrogen (secondary N) is 1. The molecule has 2 aliphatic heterocycles. The predicted octanol–water partition coefficient (Wildman–Crippen LogP) is 5.36. The normalized spacial score (nSPS) is 16.1. The van der Waals surface area contributed by atoms with Crippen LogP contribution in [0.2, 0.25) is 10.0 Å². The van der Waals surface area contributed by atoms with Gasteiger partial charge in [0.25, 0.3) is 0 Å². The number of hydrogen-bond acceptors (Lipinski definition) is 5. The third kappa shape index (κ3) is 6.81. The smallest absolute Gasteiger partial charge is 0.317 e. The zero-order chi connectivity index (χ0) is 28.3. The first-order chi connectivity index (χ1) is 19.2. The van der Waals surface area contributed by atoms with Crippen LogP contribution in [-0.4, -0.2) is 70.6 Å². The molecule has 40 heavy (non-hydrogen) atoms. The third-order valence-corrected chi connectivity index (χ3v) is 9.25. The second-order valence-electron chi connectivity index (χ2n) is 10.2. The van der Waals surface area contributed by atoms with Gasteiger partial charge in [0.15, 0.2) is 9.84 Å². The summed E-state index contributed by atoms with van der Waals surface area (Å²) < 4.78 is 26.3. The van der Waals surface area contributed by atoms with E-state index in [1.165, 1.54) is 5.41 Å². The molecule has 0 spiro atoms. The first-order valence-electron chi connectivity index (χ1n) is 13.2. The molecule has 0 bridgehead atoms. The van der Waals surface area contributed by atoms with Crippen molar-refractivity contribution in [2.45, 2.75) is 11.8 Å². The molecule has 3 aromatic carbocycles. The summed E-state index contributed by atoms with van der Waals surface area (Å²) in [4.78, 5) is 18.1. The number of piperazine rings is 1. The minimum absolute atomic E-state index is 0.0325. The monoisotopic (exact) mass is 598 g/mol. The van der Waals surface area contributed by atoms with E-state index in [1.807, 2.05) is 72.8 Å². The quantitative estimate of drug-likeness (QED) is 0.396. The molecule has 0 unspecified atom stereocenters. The molecule has 0 aliphatic carbocycles. The molecule has 0 aromatic heterocycles. The molecule has 3 aromatic rings. The van der Waals surface area contributed by atoms with Crippen molar-refractivity contribution in [3.8, 4) is 0 Å². The minimum Gasteiger partial charge on any atom is -0.368 e. The highest BCUT2D eigenvalue weighted by Gasteiger charge is 2.31. The van der Waals surface area contributed by atoms with Gasteiger partial charge in [-0.1, -0.05) is 59.6 Å². The summed E-state index contributed by atoms with van der Waals surface area (Å²) in [6.45, 7) is 3.77. The zero-order valence-corrected chi connectivity index (χ0v) is 24.6. The number of anilines is 1. The van der Waals surface area contributed by atoms with E-state index in [-0.39, 0.29) is 17.8 Å². The molecule has 2 heterocycles. The van der Waals surface area contributed by atoms with Crippen molar-refractivity contribution >= 4 is 44.8 Å². The Balaban J connectivity index is 1.25. The number of carbonyl (C=O) groups is 1. The van der Waals surface area contributed by atoms with Crippen LogP contribution < -0.4 is 10.2 Å². The van der Waals surface area contributed by atoms with E-state index in [1.54, 1.807) is 11.9 Å². The summed E-state index contributed by atoms with van der Waals surface area (Å²) in [5.74, 6) is -0.0552. The number of carbonyl (C=O) groups excluding carboxylic acids is 1. The highest BCUT2D eigenvalue weighted by molar-refractivity contribution is 7.93. The summed E-state index contributed by atoms with van der Waals surface area (Å²) in [5.41, 5.74) is 4.78. The number of urea groups is 1. The van der Waals surface area contributed by atoms with Gasteiger partial charge in [0.05, 0.1) is 11.8 Å². The van der Waals surface area contributed by atoms with Gasteiger partial charge in [0.1, 0.15) is 0 Å². The summed E-state index contributed by atoms with van der Waals surface area (Å²) >= 11 is 12.2. The molecule has 5 rings (SSSR count). The fourth-order valence-electron chi connectivity index (χ4n) is 5.33. The number of halogens is 2. The lowest BCUT2D eigenvalue weighted by Gasteiger charge is -2.41. The average Bonchev–Trinajstić information content (AvgIpc) is 2.93. The Morgan fingerprint density at radius 1 is 0.900 bits per heavy atom. The standard InChI is InChI=1S/C30H32Cl2N4O3S/c1-33-30(37)35-15-13-34(14-16-35)28-4-2-3-22(17-28)20-40(38,39)21-23-18-36(19-23)29(24-5-9-26(31)10-6-24)25-7-11-27(32)12-8-25/h2-12,17,21,29H,13-16,18-20H2,1H3,(H,33,37). The summed E-state index contributed by atoms with van der Waals surface area (Å²) in [6, 6.07) is 23.1. The van der Waals surface area contributed by atoms with Crippen molar-refractivity contribution in [2.24, 2.45) is 0 Å². The highest BCUT2D eigenvalue weighted by Crippen LogP contribution is 2.35. The molecule has 210 valence electrons. The van der Waals surface area contributed by atoms with Crippen LogP contribution in [0.1, 0.15) is 22.7 Å². The Morgan fingerprint density at radius 2 is 1.48 bits per heavy atom. The molecule has 2 fully saturated rings. The van der Waals surface area contributed by atoms with E-state index in [9.17, 15) is 13.2 Å². The summed E-state index contributed by atoms with van der Waals surface area (Å²) in [7, 11) is -1.83. The van der Waals surface area contributed by atoms with Crippen molar-refractivity contribution < 1.29 is 13.2 Å². The first kappa shape index (κ1) is 28.5. The molecule has 2 amide bonds. The number of sulfone groups is 1. The van der Waals surface area contributed by atoms with Crippen LogP contribution in [0.3, 0.4) is 0 Å². The number of amides is 2. The Labute approximate surface area is 245 Å². The van der Waals surface area contributed by atoms with Crippen molar-refractivity contribution in [1.29, 1.82) is 0 Å². The molecule has 0 saturated carbocycles. The maximum absolute atomic E-state index is 13.1. The van der Waals surface area contributed by atoms with Crippen molar-refractivity contribution in [2.75, 3.05) is 51.2 Å². The molecular formula is C30H32Cl2N4O3S. The van der Waals surface area contributed by atoms with Crippen molar-refractivity contribution in [1.82, 2.24) is 15.1 Å². The second-order valence-corrected chi connectivity index (χ2v) is 12.9. The molecule has 7 nitrogen and oxygen atoms in total. The molecule has 1 N–H and O–H groups in total. The van der Waals surface area contributed by atoms with Crippen LogP contribution in [0.15, 0.2) is 83.8 Å². The number of hydrogen-bond donors (Lipinski definition) is 1. The van der Waals surface area contributed by atoms with Gasteiger partial charge < -0.3 is 15.1 Å². The Bertz CT molecular complexity index is 1430. The van der Waals surface area contributed by atoms with Crippen LogP contribution in [0.4, 0.5) is 10.5 Å². The number of benzene rings is 3. The van der Waals surface area contributed by atoms with Gasteiger partial charge in [0.2, 0.25) is 0 Å². The third-order valence-electron chi connectivity index (χ3n) is 7.32. The molecule has 0 atom stereocenters. The fourth-order valence-corrected chi connectivity index (χ4v) is 6.97. The van der Waals surface area contributed by atoms with Gasteiger partial charge in [0, 0.05) is 67.5 Å². The molecular weight excluding hydrogens is 567 g/mol. The average molecular weight is 600 g/mol. The predicted molar refractivity (Wildman–Crippen MR) is 162 cm³/mol. The van der Waals surface area contributed by atoms with Gasteiger partial charge in [-0.25, -0.2) is 13.2 Å². The molecule has 0 radical (unpaired) electrons. The largest absolute Gasteiger partial charge is 0.368 e. The lowest BCUT2D eigenvalue weighted by molar-refractivity contribution is 0.196. The molecule has 2 saturated heterocycles. The molecule has 10 heteroatoms. The Hall–Kier alpha value is -3.04. The number of rotatable bonds is 7. The topological polar surface area (TPSA) is 73.0 Å². The van der Waals surface area contributed by atoms with Gasteiger partial charge in [-0.3, -0.25) is 4.90 Å². The zero-order valence-electron chi connectivity index (χ0n) is 22.3. The maximum atomic E-state index is 13.1. The van der Waals surface area contributed by atoms with Gasteiger partial charge in [-0.15, -0.1) is 0 Å². The van der Waals surface area contributed by atoms with Gasteiger partial charge in [-0.05, 0) is 58.7 Å². The van der Waals surface area contributed by atoms with Crippen LogP contribution in [-0.2, 0) is 15.6 Å². The minimum atomic E-state index is -3.46. The lowest BCUT2D eigenvalue weighted by Crippen LogP contribution is -2.51. The number of nitrogens with zero attached hydrogens (tertiary/aromatic N) is 3. The van der Waals surface area contributed by atoms with Crippen molar-refractivity contribution in [3.05, 3.63) is 111 Å². The van der Waals surface area contributed by atoms with Gasteiger partial charge in [-0.2, -0.15) is 0 Å². The molecule has 2 aliphatic rings. The van der Waals surface area contributed by atoms with Crippen LogP contribution in [0.25, 0.3) is 0 Å². The van der Waals surface area contributed by atoms with Crippen LogP contribution >= 0.6 is 23.2 Å². The second kappa shape index (κ2) is 12.2.